The van der Waals surface area contributed by atoms with Gasteiger partial charge in [0.25, 0.3) is 11.6 Å². The van der Waals surface area contributed by atoms with Gasteiger partial charge < -0.3 is 4.57 Å². The molecule has 4 aromatic rings. The maximum atomic E-state index is 13.2. The molecule has 34 heavy (non-hydrogen) atoms. The Kier molecular flexibility index (Phi) is 5.96. The number of halogens is 3. The number of nitro benzene ring substituents is 1. The number of benzene rings is 2. The quantitative estimate of drug-likeness (QED) is 0.261. The lowest BCUT2D eigenvalue weighted by Crippen LogP contribution is -2.11. The zero-order valence-corrected chi connectivity index (χ0v) is 18.7. The summed E-state index contributed by atoms with van der Waals surface area (Å²) < 4.78 is 41.2. The topological polar surface area (TPSA) is 90.1 Å². The standard InChI is InChI=1S/C23H17F3N4O3S/c1-13-10-19(14(2)29(13)18-5-3-4-16(11-18)23(24,25)26)20-12-34-22(27-20)28-21(31)15-6-8-17(9-7-15)30(32)33/h3-12H,1-2H3,(H,27,28,31). The number of rotatable bonds is 5. The van der Waals surface area contributed by atoms with Gasteiger partial charge in [0.05, 0.1) is 16.2 Å². The van der Waals surface area contributed by atoms with Crippen LogP contribution in [0.5, 0.6) is 0 Å². The summed E-state index contributed by atoms with van der Waals surface area (Å²) in [6.07, 6.45) is -4.44. The van der Waals surface area contributed by atoms with Gasteiger partial charge in [0, 0.05) is 45.7 Å². The number of nitro groups is 1. The summed E-state index contributed by atoms with van der Waals surface area (Å²) >= 11 is 1.19. The number of hydrogen-bond acceptors (Lipinski definition) is 5. The molecule has 0 aliphatic carbocycles. The Labute approximate surface area is 195 Å². The molecule has 2 heterocycles. The Morgan fingerprint density at radius 1 is 1.12 bits per heavy atom. The lowest BCUT2D eigenvalue weighted by Gasteiger charge is -2.13. The van der Waals surface area contributed by atoms with E-state index in [2.05, 4.69) is 10.3 Å². The monoisotopic (exact) mass is 486 g/mol. The molecule has 1 amide bonds. The van der Waals surface area contributed by atoms with Gasteiger partial charge in [0.15, 0.2) is 5.13 Å². The molecule has 0 radical (unpaired) electrons. The second-order valence-corrected chi connectivity index (χ2v) is 8.32. The third-order valence-electron chi connectivity index (χ3n) is 5.20. The SMILES string of the molecule is Cc1cc(-c2csc(NC(=O)c3ccc([N+](=O)[O-])cc3)n2)c(C)n1-c1cccc(C(F)(F)F)c1. The first-order valence-corrected chi connectivity index (χ1v) is 10.8. The third-order valence-corrected chi connectivity index (χ3v) is 5.96. The molecule has 0 unspecified atom stereocenters. The van der Waals surface area contributed by atoms with E-state index in [1.807, 2.05) is 6.07 Å². The van der Waals surface area contributed by atoms with Gasteiger partial charge >= 0.3 is 6.18 Å². The molecule has 0 atom stereocenters. The van der Waals surface area contributed by atoms with Crippen LogP contribution >= 0.6 is 11.3 Å². The molecule has 2 aromatic heterocycles. The van der Waals surface area contributed by atoms with Crippen molar-refractivity contribution in [1.29, 1.82) is 0 Å². The third kappa shape index (κ3) is 4.55. The van der Waals surface area contributed by atoms with Crippen molar-refractivity contribution in [3.63, 3.8) is 0 Å². The Balaban J connectivity index is 1.59. The van der Waals surface area contributed by atoms with Gasteiger partial charge in [-0.25, -0.2) is 4.98 Å². The summed E-state index contributed by atoms with van der Waals surface area (Å²) in [5.74, 6) is -0.467. The van der Waals surface area contributed by atoms with Crippen LogP contribution in [0, 0.1) is 24.0 Å². The van der Waals surface area contributed by atoms with E-state index in [-0.39, 0.29) is 11.3 Å². The fourth-order valence-electron chi connectivity index (χ4n) is 3.60. The Hall–Kier alpha value is -3.99. The first-order chi connectivity index (χ1) is 16.0. The molecule has 7 nitrogen and oxygen atoms in total. The summed E-state index contributed by atoms with van der Waals surface area (Å²) in [5.41, 5.74) is 2.50. The number of anilines is 1. The predicted octanol–water partition coefficient (Wildman–Crippen LogP) is 6.40. The van der Waals surface area contributed by atoms with E-state index in [0.717, 1.165) is 23.4 Å². The molecule has 0 saturated carbocycles. The molecule has 0 saturated heterocycles. The van der Waals surface area contributed by atoms with Gasteiger partial charge in [-0.05, 0) is 50.2 Å². The molecule has 174 valence electrons. The highest BCUT2D eigenvalue weighted by Gasteiger charge is 2.30. The van der Waals surface area contributed by atoms with E-state index in [9.17, 15) is 28.1 Å². The first-order valence-electron chi connectivity index (χ1n) is 9.93. The molecular weight excluding hydrogens is 469 g/mol. The first kappa shape index (κ1) is 23.2. The van der Waals surface area contributed by atoms with Crippen LogP contribution in [-0.2, 0) is 6.18 Å². The minimum absolute atomic E-state index is 0.121. The fourth-order valence-corrected chi connectivity index (χ4v) is 4.31. The van der Waals surface area contributed by atoms with Crippen molar-refractivity contribution in [3.05, 3.63) is 92.6 Å². The van der Waals surface area contributed by atoms with E-state index in [1.165, 1.54) is 41.7 Å². The van der Waals surface area contributed by atoms with Crippen LogP contribution in [-0.4, -0.2) is 20.4 Å². The number of alkyl halides is 3. The van der Waals surface area contributed by atoms with Crippen molar-refractivity contribution < 1.29 is 22.9 Å². The average Bonchev–Trinajstić information content (AvgIpc) is 3.36. The highest BCUT2D eigenvalue weighted by atomic mass is 32.1. The molecule has 0 bridgehead atoms. The summed E-state index contributed by atoms with van der Waals surface area (Å²) in [5, 5.41) is 15.5. The van der Waals surface area contributed by atoms with Gasteiger partial charge in [0.2, 0.25) is 0 Å². The van der Waals surface area contributed by atoms with Gasteiger partial charge in [-0.15, -0.1) is 11.3 Å². The van der Waals surface area contributed by atoms with Crippen molar-refractivity contribution in [2.45, 2.75) is 20.0 Å². The second kappa shape index (κ2) is 8.75. The zero-order valence-electron chi connectivity index (χ0n) is 17.9. The lowest BCUT2D eigenvalue weighted by molar-refractivity contribution is -0.384. The maximum Gasteiger partial charge on any atom is 0.416 e. The van der Waals surface area contributed by atoms with E-state index in [4.69, 9.17) is 0 Å². The minimum Gasteiger partial charge on any atom is -0.318 e. The molecule has 0 aliphatic heterocycles. The van der Waals surface area contributed by atoms with Gasteiger partial charge in [-0.2, -0.15) is 13.2 Å². The van der Waals surface area contributed by atoms with Gasteiger partial charge in [-0.1, -0.05) is 6.07 Å². The van der Waals surface area contributed by atoms with E-state index in [0.29, 0.717) is 22.2 Å². The summed E-state index contributed by atoms with van der Waals surface area (Å²) in [4.78, 5) is 27.1. The van der Waals surface area contributed by atoms with Crippen molar-refractivity contribution in [2.24, 2.45) is 0 Å². The summed E-state index contributed by atoms with van der Waals surface area (Å²) in [7, 11) is 0. The number of aryl methyl sites for hydroxylation is 1. The molecule has 0 fully saturated rings. The average molecular weight is 486 g/mol. The van der Waals surface area contributed by atoms with Crippen LogP contribution < -0.4 is 5.32 Å². The minimum atomic E-state index is -4.44. The van der Waals surface area contributed by atoms with Crippen molar-refractivity contribution in [2.75, 3.05) is 5.32 Å². The van der Waals surface area contributed by atoms with Gasteiger partial charge in [0.1, 0.15) is 0 Å². The largest absolute Gasteiger partial charge is 0.416 e. The highest BCUT2D eigenvalue weighted by Crippen LogP contribution is 2.34. The lowest BCUT2D eigenvalue weighted by atomic mass is 10.2. The van der Waals surface area contributed by atoms with Crippen LogP contribution in [0.2, 0.25) is 0 Å². The van der Waals surface area contributed by atoms with Crippen LogP contribution in [0.1, 0.15) is 27.3 Å². The van der Waals surface area contributed by atoms with Gasteiger partial charge in [-0.3, -0.25) is 20.2 Å². The number of carbonyl (C=O) groups excluding carboxylic acids is 1. The number of non-ortho nitro benzene ring substituents is 1. The normalized spacial score (nSPS) is 11.4. The number of aromatic nitrogens is 2. The van der Waals surface area contributed by atoms with Crippen LogP contribution in [0.3, 0.4) is 0 Å². The number of carbonyl (C=O) groups is 1. The number of nitrogens with one attached hydrogen (secondary N) is 1. The Bertz CT molecular complexity index is 1390. The molecule has 1 N–H and O–H groups in total. The Morgan fingerprint density at radius 2 is 1.82 bits per heavy atom. The maximum absolute atomic E-state index is 13.2. The molecule has 0 spiro atoms. The van der Waals surface area contributed by atoms with E-state index >= 15 is 0 Å². The molecule has 4 rings (SSSR count). The smallest absolute Gasteiger partial charge is 0.318 e. The van der Waals surface area contributed by atoms with Crippen molar-refractivity contribution in [3.8, 4) is 16.9 Å². The number of hydrogen-bond donors (Lipinski definition) is 1. The van der Waals surface area contributed by atoms with Crippen molar-refractivity contribution >= 4 is 28.1 Å². The molecular formula is C23H17F3N4O3S. The zero-order chi connectivity index (χ0) is 24.6. The molecule has 11 heteroatoms. The second-order valence-electron chi connectivity index (χ2n) is 7.46. The molecule has 2 aromatic carbocycles. The van der Waals surface area contributed by atoms with E-state index < -0.39 is 22.6 Å². The number of nitrogens with zero attached hydrogens (tertiary/aromatic N) is 3. The fraction of sp³-hybridized carbons (Fsp3) is 0.130. The summed E-state index contributed by atoms with van der Waals surface area (Å²) in [6.45, 7) is 3.58. The van der Waals surface area contributed by atoms with Crippen LogP contribution in [0.15, 0.2) is 60.0 Å². The highest BCUT2D eigenvalue weighted by molar-refractivity contribution is 7.14. The summed E-state index contributed by atoms with van der Waals surface area (Å²) in [6, 6.07) is 12.1. The molecule has 0 aliphatic rings. The van der Waals surface area contributed by atoms with Crippen LogP contribution in [0.25, 0.3) is 16.9 Å². The Morgan fingerprint density at radius 3 is 2.47 bits per heavy atom. The van der Waals surface area contributed by atoms with Crippen LogP contribution in [0.4, 0.5) is 24.0 Å². The van der Waals surface area contributed by atoms with Crippen molar-refractivity contribution in [1.82, 2.24) is 9.55 Å². The number of thiazole rings is 1. The number of amides is 1. The van der Waals surface area contributed by atoms with E-state index in [1.54, 1.807) is 29.9 Å². The predicted molar refractivity (Wildman–Crippen MR) is 122 cm³/mol.